The molecule has 5 nitrogen and oxygen atoms in total. The largest absolute Gasteiger partial charge is 0.486 e. The molecule has 130 valence electrons. The van der Waals surface area contributed by atoms with Crippen LogP contribution in [0, 0.1) is 0 Å². The molecule has 1 aliphatic rings. The molecule has 0 saturated heterocycles. The number of nitrogens with zero attached hydrogens (tertiary/aromatic N) is 1. The summed E-state index contributed by atoms with van der Waals surface area (Å²) in [7, 11) is 0. The quantitative estimate of drug-likeness (QED) is 0.929. The Balaban J connectivity index is 1.85. The first kappa shape index (κ1) is 17.0. The number of amides is 2. The van der Waals surface area contributed by atoms with Crippen LogP contribution in [0.25, 0.3) is 0 Å². The second kappa shape index (κ2) is 7.38. The van der Waals surface area contributed by atoms with Gasteiger partial charge in [0.15, 0.2) is 0 Å². The molecule has 1 aliphatic heterocycles. The number of hydrogen-bond donors (Lipinski definition) is 1. The highest BCUT2D eigenvalue weighted by Crippen LogP contribution is 2.34. The van der Waals surface area contributed by atoms with Gasteiger partial charge in [-0.25, -0.2) is 0 Å². The third kappa shape index (κ3) is 3.82. The molecule has 0 aliphatic carbocycles. The second-order valence-electron chi connectivity index (χ2n) is 6.14. The molecule has 25 heavy (non-hydrogen) atoms. The molecule has 0 aromatic heterocycles. The molecule has 0 unspecified atom stereocenters. The summed E-state index contributed by atoms with van der Waals surface area (Å²) in [6.07, 6.45) is 1.05. The fraction of sp³-hybridized carbons (Fsp3) is 0.300. The minimum atomic E-state index is -0.150. The van der Waals surface area contributed by atoms with Crippen LogP contribution in [0.2, 0.25) is 0 Å². The van der Waals surface area contributed by atoms with Crippen molar-refractivity contribution in [3.63, 3.8) is 0 Å². The maximum atomic E-state index is 13.0. The van der Waals surface area contributed by atoms with Crippen molar-refractivity contribution in [1.82, 2.24) is 0 Å². The molecule has 0 radical (unpaired) electrons. The molecule has 0 bridgehead atoms. The van der Waals surface area contributed by atoms with Crippen LogP contribution in [0.5, 0.6) is 5.75 Å². The van der Waals surface area contributed by atoms with Gasteiger partial charge in [-0.3, -0.25) is 9.59 Å². The van der Waals surface area contributed by atoms with Crippen molar-refractivity contribution >= 4 is 23.2 Å². The number of hydrogen-bond acceptors (Lipinski definition) is 3. The molecule has 2 amide bonds. The first-order valence-electron chi connectivity index (χ1n) is 8.50. The molecule has 1 atom stereocenters. The number of nitrogens with one attached hydrogen (secondary N) is 1. The van der Waals surface area contributed by atoms with Crippen molar-refractivity contribution < 1.29 is 14.3 Å². The molecular weight excluding hydrogens is 316 g/mol. The number of benzene rings is 2. The summed E-state index contributed by atoms with van der Waals surface area (Å²) in [5.41, 5.74) is 2.28. The monoisotopic (exact) mass is 338 g/mol. The van der Waals surface area contributed by atoms with E-state index in [4.69, 9.17) is 4.74 Å². The van der Waals surface area contributed by atoms with Gasteiger partial charge < -0.3 is 15.0 Å². The number of anilines is 2. The lowest BCUT2D eigenvalue weighted by molar-refractivity contribution is -0.118. The van der Waals surface area contributed by atoms with E-state index >= 15 is 0 Å². The van der Waals surface area contributed by atoms with Gasteiger partial charge in [0.2, 0.25) is 11.8 Å². The predicted molar refractivity (Wildman–Crippen MR) is 98.0 cm³/mol. The summed E-state index contributed by atoms with van der Waals surface area (Å²) in [4.78, 5) is 26.2. The molecule has 1 heterocycles. The number of carbonyl (C=O) groups excluding carboxylic acids is 2. The first-order chi connectivity index (χ1) is 12.1. The van der Waals surface area contributed by atoms with Gasteiger partial charge in [0.25, 0.3) is 0 Å². The van der Waals surface area contributed by atoms with Crippen molar-refractivity contribution in [3.8, 4) is 5.75 Å². The number of ether oxygens (including phenoxy) is 1. The maximum absolute atomic E-state index is 13.0. The van der Waals surface area contributed by atoms with Crippen LogP contribution in [0.15, 0.2) is 48.5 Å². The van der Waals surface area contributed by atoms with Gasteiger partial charge >= 0.3 is 0 Å². The highest BCUT2D eigenvalue weighted by molar-refractivity contribution is 5.98. The van der Waals surface area contributed by atoms with E-state index in [2.05, 4.69) is 5.32 Å². The molecule has 0 spiro atoms. The van der Waals surface area contributed by atoms with Gasteiger partial charge in [0.05, 0.1) is 18.7 Å². The van der Waals surface area contributed by atoms with E-state index in [1.54, 1.807) is 4.90 Å². The van der Waals surface area contributed by atoms with Gasteiger partial charge in [-0.05, 0) is 30.2 Å². The van der Waals surface area contributed by atoms with E-state index in [0.29, 0.717) is 12.2 Å². The van der Waals surface area contributed by atoms with Crippen molar-refractivity contribution in [2.24, 2.45) is 0 Å². The van der Waals surface area contributed by atoms with Crippen LogP contribution in [0.3, 0.4) is 0 Å². The third-order valence-corrected chi connectivity index (χ3v) is 4.26. The van der Waals surface area contributed by atoms with Crippen LogP contribution >= 0.6 is 0 Å². The Hall–Kier alpha value is -2.82. The molecular formula is C20H22N2O3. The highest BCUT2D eigenvalue weighted by Gasteiger charge is 2.28. The first-order valence-corrected chi connectivity index (χ1v) is 8.50. The molecule has 3 rings (SSSR count). The Morgan fingerprint density at radius 2 is 1.88 bits per heavy atom. The topological polar surface area (TPSA) is 58.6 Å². The lowest BCUT2D eigenvalue weighted by Gasteiger charge is -2.34. The number of para-hydroxylation sites is 3. The van der Waals surface area contributed by atoms with E-state index in [-0.39, 0.29) is 24.3 Å². The highest BCUT2D eigenvalue weighted by atomic mass is 16.5. The fourth-order valence-corrected chi connectivity index (χ4v) is 2.99. The molecule has 0 saturated carbocycles. The lowest BCUT2D eigenvalue weighted by atomic mass is 10.1. The summed E-state index contributed by atoms with van der Waals surface area (Å²) < 4.78 is 5.94. The molecule has 5 heteroatoms. The molecule has 2 aromatic rings. The Labute approximate surface area is 147 Å². The standard InChI is InChI=1S/C20H22N2O3/c1-3-16-13-22(18-10-6-7-11-19(18)25-16)20(24)12-15-8-4-5-9-17(15)21-14(2)23/h4-11,16H,3,12-13H2,1-2H3,(H,21,23)/t16-/m0/s1. The number of rotatable bonds is 4. The van der Waals surface area contributed by atoms with E-state index in [1.807, 2.05) is 55.5 Å². The summed E-state index contributed by atoms with van der Waals surface area (Å²) >= 11 is 0. The number of fused-ring (bicyclic) bond motifs is 1. The summed E-state index contributed by atoms with van der Waals surface area (Å²) in [6, 6.07) is 15.0. The van der Waals surface area contributed by atoms with Crippen molar-refractivity contribution in [3.05, 3.63) is 54.1 Å². The van der Waals surface area contributed by atoms with Gasteiger partial charge in [0.1, 0.15) is 11.9 Å². The minimum absolute atomic E-state index is 0.00741. The molecule has 2 aromatic carbocycles. The Morgan fingerprint density at radius 3 is 2.64 bits per heavy atom. The summed E-state index contributed by atoms with van der Waals surface area (Å²) in [5.74, 6) is 0.582. The van der Waals surface area contributed by atoms with E-state index in [0.717, 1.165) is 23.4 Å². The van der Waals surface area contributed by atoms with Crippen LogP contribution in [-0.2, 0) is 16.0 Å². The number of carbonyl (C=O) groups is 2. The average Bonchev–Trinajstić information content (AvgIpc) is 2.61. The van der Waals surface area contributed by atoms with Gasteiger partial charge in [-0.15, -0.1) is 0 Å². The normalized spacial score (nSPS) is 15.9. The Morgan fingerprint density at radius 1 is 1.16 bits per heavy atom. The predicted octanol–water partition coefficient (Wildman–Crippen LogP) is 3.39. The maximum Gasteiger partial charge on any atom is 0.231 e. The van der Waals surface area contributed by atoms with Crippen LogP contribution in [0.4, 0.5) is 11.4 Å². The zero-order valence-electron chi connectivity index (χ0n) is 14.5. The van der Waals surface area contributed by atoms with Crippen molar-refractivity contribution in [2.45, 2.75) is 32.8 Å². The van der Waals surface area contributed by atoms with Crippen molar-refractivity contribution in [1.29, 1.82) is 0 Å². The van der Waals surface area contributed by atoms with E-state index in [9.17, 15) is 9.59 Å². The fourth-order valence-electron chi connectivity index (χ4n) is 2.99. The van der Waals surface area contributed by atoms with E-state index < -0.39 is 0 Å². The average molecular weight is 338 g/mol. The lowest BCUT2D eigenvalue weighted by Crippen LogP contribution is -2.44. The zero-order chi connectivity index (χ0) is 17.8. The van der Waals surface area contributed by atoms with Gasteiger partial charge in [-0.1, -0.05) is 37.3 Å². The second-order valence-corrected chi connectivity index (χ2v) is 6.14. The summed E-state index contributed by atoms with van der Waals surface area (Å²) in [6.45, 7) is 4.05. The SMILES string of the molecule is CC[C@H]1CN(C(=O)Cc2ccccc2NC(C)=O)c2ccccc2O1. The van der Waals surface area contributed by atoms with Gasteiger partial charge in [0, 0.05) is 12.6 Å². The molecule has 0 fully saturated rings. The van der Waals surface area contributed by atoms with Crippen LogP contribution in [-0.4, -0.2) is 24.5 Å². The minimum Gasteiger partial charge on any atom is -0.486 e. The smallest absolute Gasteiger partial charge is 0.231 e. The van der Waals surface area contributed by atoms with Crippen LogP contribution < -0.4 is 15.0 Å². The van der Waals surface area contributed by atoms with Crippen LogP contribution in [0.1, 0.15) is 25.8 Å². The van der Waals surface area contributed by atoms with E-state index in [1.165, 1.54) is 6.92 Å². The van der Waals surface area contributed by atoms with Gasteiger partial charge in [-0.2, -0.15) is 0 Å². The third-order valence-electron chi connectivity index (χ3n) is 4.26. The van der Waals surface area contributed by atoms with Crippen molar-refractivity contribution in [2.75, 3.05) is 16.8 Å². The summed E-state index contributed by atoms with van der Waals surface area (Å²) in [5, 5.41) is 2.79. The Bertz CT molecular complexity index is 788. The zero-order valence-corrected chi connectivity index (χ0v) is 14.5. The Kier molecular flexibility index (Phi) is 5.03. The molecule has 1 N–H and O–H groups in total.